The SMILES string of the molecule is CC(=O)Nc1ccc(C(=O)Nc2ccc3nc(Cc4ccccc4)nn3c2)cc1. The van der Waals surface area contributed by atoms with Gasteiger partial charge in [0.2, 0.25) is 5.91 Å². The number of amides is 2. The number of rotatable bonds is 5. The van der Waals surface area contributed by atoms with Crippen LogP contribution in [0.4, 0.5) is 11.4 Å². The average Bonchev–Trinajstić information content (AvgIpc) is 3.10. The van der Waals surface area contributed by atoms with Gasteiger partial charge in [-0.25, -0.2) is 9.50 Å². The number of carbonyl (C=O) groups excluding carboxylic acids is 2. The zero-order valence-electron chi connectivity index (χ0n) is 15.8. The van der Waals surface area contributed by atoms with Crippen LogP contribution in [0.25, 0.3) is 5.65 Å². The molecule has 0 spiro atoms. The minimum absolute atomic E-state index is 0.157. The highest BCUT2D eigenvalue weighted by Crippen LogP contribution is 2.15. The van der Waals surface area contributed by atoms with E-state index in [0.717, 1.165) is 5.56 Å². The smallest absolute Gasteiger partial charge is 0.255 e. The van der Waals surface area contributed by atoms with E-state index in [4.69, 9.17) is 0 Å². The zero-order chi connectivity index (χ0) is 20.2. The molecule has 0 unspecified atom stereocenters. The van der Waals surface area contributed by atoms with Crippen molar-refractivity contribution in [2.75, 3.05) is 10.6 Å². The van der Waals surface area contributed by atoms with Crippen molar-refractivity contribution in [1.82, 2.24) is 14.6 Å². The molecular weight excluding hydrogens is 366 g/mol. The first-order valence-electron chi connectivity index (χ1n) is 9.15. The Morgan fingerprint density at radius 1 is 0.897 bits per heavy atom. The number of nitrogens with zero attached hydrogens (tertiary/aromatic N) is 3. The lowest BCUT2D eigenvalue weighted by atomic mass is 10.1. The number of aromatic nitrogens is 3. The highest BCUT2D eigenvalue weighted by atomic mass is 16.2. The number of benzene rings is 2. The Bertz CT molecular complexity index is 1170. The van der Waals surface area contributed by atoms with Gasteiger partial charge in [-0.3, -0.25) is 9.59 Å². The molecule has 0 aliphatic heterocycles. The Labute approximate surface area is 167 Å². The van der Waals surface area contributed by atoms with Gasteiger partial charge >= 0.3 is 0 Å². The molecule has 0 radical (unpaired) electrons. The maximum Gasteiger partial charge on any atom is 0.255 e. The van der Waals surface area contributed by atoms with E-state index in [1.807, 2.05) is 36.4 Å². The fourth-order valence-electron chi connectivity index (χ4n) is 2.97. The molecule has 0 aliphatic rings. The first-order chi connectivity index (χ1) is 14.1. The highest BCUT2D eigenvalue weighted by molar-refractivity contribution is 6.04. The summed E-state index contributed by atoms with van der Waals surface area (Å²) < 4.78 is 1.66. The van der Waals surface area contributed by atoms with E-state index in [1.165, 1.54) is 6.92 Å². The number of fused-ring (bicyclic) bond motifs is 1. The monoisotopic (exact) mass is 385 g/mol. The fourth-order valence-corrected chi connectivity index (χ4v) is 2.97. The molecule has 2 aromatic heterocycles. The number of hydrogen-bond donors (Lipinski definition) is 2. The maximum absolute atomic E-state index is 12.5. The minimum atomic E-state index is -0.247. The van der Waals surface area contributed by atoms with E-state index in [-0.39, 0.29) is 11.8 Å². The number of pyridine rings is 1. The number of anilines is 2. The van der Waals surface area contributed by atoms with Crippen molar-refractivity contribution in [3.8, 4) is 0 Å². The normalized spacial score (nSPS) is 10.7. The van der Waals surface area contributed by atoms with Crippen molar-refractivity contribution in [1.29, 1.82) is 0 Å². The van der Waals surface area contributed by atoms with Crippen LogP contribution in [0.3, 0.4) is 0 Å². The van der Waals surface area contributed by atoms with E-state index in [1.54, 1.807) is 41.0 Å². The van der Waals surface area contributed by atoms with Gasteiger partial charge in [0.05, 0.1) is 11.9 Å². The predicted molar refractivity (Wildman–Crippen MR) is 111 cm³/mol. The lowest BCUT2D eigenvalue weighted by molar-refractivity contribution is -0.114. The van der Waals surface area contributed by atoms with Crippen LogP contribution in [0.15, 0.2) is 72.9 Å². The van der Waals surface area contributed by atoms with Gasteiger partial charge in [-0.05, 0) is 42.0 Å². The summed E-state index contributed by atoms with van der Waals surface area (Å²) in [5.74, 6) is 0.312. The summed E-state index contributed by atoms with van der Waals surface area (Å²) in [5.41, 5.74) is 3.60. The molecule has 0 saturated heterocycles. The molecule has 0 bridgehead atoms. The molecule has 7 nitrogen and oxygen atoms in total. The lowest BCUT2D eigenvalue weighted by Gasteiger charge is -2.07. The van der Waals surface area contributed by atoms with Crippen molar-refractivity contribution in [3.63, 3.8) is 0 Å². The Balaban J connectivity index is 1.47. The van der Waals surface area contributed by atoms with Crippen molar-refractivity contribution in [3.05, 3.63) is 89.9 Å². The quantitative estimate of drug-likeness (QED) is 0.550. The zero-order valence-corrected chi connectivity index (χ0v) is 15.8. The van der Waals surface area contributed by atoms with Crippen molar-refractivity contribution < 1.29 is 9.59 Å². The van der Waals surface area contributed by atoms with Crippen LogP contribution >= 0.6 is 0 Å². The molecule has 7 heteroatoms. The second-order valence-electron chi connectivity index (χ2n) is 6.62. The van der Waals surface area contributed by atoms with E-state index in [0.29, 0.717) is 34.8 Å². The van der Waals surface area contributed by atoms with Crippen LogP contribution in [0.2, 0.25) is 0 Å². The van der Waals surface area contributed by atoms with Crippen LogP contribution in [-0.2, 0) is 11.2 Å². The van der Waals surface area contributed by atoms with Gasteiger partial charge in [-0.15, -0.1) is 0 Å². The Morgan fingerprint density at radius 2 is 1.62 bits per heavy atom. The molecule has 4 rings (SSSR count). The van der Waals surface area contributed by atoms with Gasteiger partial charge in [0.1, 0.15) is 0 Å². The van der Waals surface area contributed by atoms with Gasteiger partial charge < -0.3 is 10.6 Å². The number of hydrogen-bond acceptors (Lipinski definition) is 4. The van der Waals surface area contributed by atoms with Crippen LogP contribution < -0.4 is 10.6 Å². The first kappa shape index (κ1) is 18.4. The summed E-state index contributed by atoms with van der Waals surface area (Å²) in [5, 5.41) is 10.0. The second-order valence-corrected chi connectivity index (χ2v) is 6.62. The van der Waals surface area contributed by atoms with Gasteiger partial charge in [0, 0.05) is 24.6 Å². The molecular formula is C22H19N5O2. The Morgan fingerprint density at radius 3 is 2.34 bits per heavy atom. The summed E-state index contributed by atoms with van der Waals surface area (Å²) in [4.78, 5) is 28.1. The Hall–Kier alpha value is -4.00. The number of carbonyl (C=O) groups is 2. The van der Waals surface area contributed by atoms with Gasteiger partial charge in [0.15, 0.2) is 11.5 Å². The molecule has 0 saturated carbocycles. The third-order valence-corrected chi connectivity index (χ3v) is 4.31. The van der Waals surface area contributed by atoms with Crippen molar-refractivity contribution in [2.45, 2.75) is 13.3 Å². The molecule has 2 N–H and O–H groups in total. The van der Waals surface area contributed by atoms with Crippen molar-refractivity contribution in [2.24, 2.45) is 0 Å². The lowest BCUT2D eigenvalue weighted by Crippen LogP contribution is -2.13. The third-order valence-electron chi connectivity index (χ3n) is 4.31. The van der Waals surface area contributed by atoms with Gasteiger partial charge in [-0.2, -0.15) is 5.10 Å². The molecule has 144 valence electrons. The molecule has 29 heavy (non-hydrogen) atoms. The molecule has 0 fully saturated rings. The largest absolute Gasteiger partial charge is 0.326 e. The van der Waals surface area contributed by atoms with Gasteiger partial charge in [0.25, 0.3) is 5.91 Å². The summed E-state index contributed by atoms with van der Waals surface area (Å²) >= 11 is 0. The molecule has 2 aromatic carbocycles. The topological polar surface area (TPSA) is 88.4 Å². The van der Waals surface area contributed by atoms with Gasteiger partial charge in [-0.1, -0.05) is 30.3 Å². The highest BCUT2D eigenvalue weighted by Gasteiger charge is 2.09. The van der Waals surface area contributed by atoms with Crippen molar-refractivity contribution >= 4 is 28.8 Å². The van der Waals surface area contributed by atoms with Crippen LogP contribution in [0, 0.1) is 0 Å². The maximum atomic E-state index is 12.5. The Kier molecular flexibility index (Phi) is 5.03. The third kappa shape index (κ3) is 4.47. The molecule has 4 aromatic rings. The minimum Gasteiger partial charge on any atom is -0.326 e. The second kappa shape index (κ2) is 7.93. The van der Waals surface area contributed by atoms with E-state index in [2.05, 4.69) is 20.7 Å². The first-order valence-corrected chi connectivity index (χ1v) is 9.15. The van der Waals surface area contributed by atoms with E-state index >= 15 is 0 Å². The standard InChI is InChI=1S/C22H19N5O2/c1-15(28)23-18-9-7-17(8-10-18)22(29)24-19-11-12-21-25-20(26-27(21)14-19)13-16-5-3-2-4-6-16/h2-12,14H,13H2,1H3,(H,23,28)(H,24,29). The van der Waals surface area contributed by atoms with Crippen LogP contribution in [0.5, 0.6) is 0 Å². The van der Waals surface area contributed by atoms with Crippen LogP contribution in [0.1, 0.15) is 28.7 Å². The molecule has 0 aliphatic carbocycles. The summed E-state index contributed by atoms with van der Waals surface area (Å²) in [7, 11) is 0. The summed E-state index contributed by atoms with van der Waals surface area (Å²) in [6, 6.07) is 20.3. The number of nitrogens with one attached hydrogen (secondary N) is 2. The molecule has 2 amide bonds. The summed E-state index contributed by atoms with van der Waals surface area (Å²) in [6.45, 7) is 1.44. The van der Waals surface area contributed by atoms with Crippen LogP contribution in [-0.4, -0.2) is 26.4 Å². The average molecular weight is 385 g/mol. The summed E-state index contributed by atoms with van der Waals surface area (Å²) in [6.07, 6.45) is 2.38. The molecule has 0 atom stereocenters. The fraction of sp³-hybridized carbons (Fsp3) is 0.0909. The predicted octanol–water partition coefficient (Wildman–Crippen LogP) is 3.53. The van der Waals surface area contributed by atoms with E-state index < -0.39 is 0 Å². The van der Waals surface area contributed by atoms with E-state index in [9.17, 15) is 9.59 Å². The molecule has 2 heterocycles.